The van der Waals surface area contributed by atoms with Crippen molar-refractivity contribution < 1.29 is 0 Å². The molecule has 0 saturated carbocycles. The van der Waals surface area contributed by atoms with Gasteiger partial charge in [0.1, 0.15) is 0 Å². The van der Waals surface area contributed by atoms with E-state index in [1.165, 1.54) is 88.9 Å². The lowest BCUT2D eigenvalue weighted by Crippen LogP contribution is -2.61. The second kappa shape index (κ2) is 13.0. The summed E-state index contributed by atoms with van der Waals surface area (Å²) in [4.78, 5) is 4.91. The van der Waals surface area contributed by atoms with Gasteiger partial charge in [-0.15, -0.1) is 0 Å². The minimum Gasteiger partial charge on any atom is -0.311 e. The van der Waals surface area contributed by atoms with Gasteiger partial charge in [-0.25, -0.2) is 0 Å². The van der Waals surface area contributed by atoms with Gasteiger partial charge in [0, 0.05) is 50.6 Å². The molecule has 0 bridgehead atoms. The third-order valence-corrected chi connectivity index (χ3v) is 12.2. The standard InChI is InChI=1S/C54H36BN3/c1-4-15-41(16-5-1)56-48-23-12-10-21-44(48)45-33-31-39(35-52(45)56)37-27-29-38(30-28-37)40-32-34-47-53(36-40)58(43-19-8-3-9-20-43)51-26-14-25-50-54(51)55(47)46-22-11-13-24-49(46)57(50)42-17-6-2-7-18-42/h1-36H. The first-order chi connectivity index (χ1) is 28.8. The molecule has 2 aliphatic heterocycles. The Morgan fingerprint density at radius 3 is 1.47 bits per heavy atom. The van der Waals surface area contributed by atoms with Crippen molar-refractivity contribution in [2.24, 2.45) is 0 Å². The van der Waals surface area contributed by atoms with E-state index in [1.807, 2.05) is 0 Å². The highest BCUT2D eigenvalue weighted by Gasteiger charge is 2.43. The molecule has 270 valence electrons. The highest BCUT2D eigenvalue weighted by molar-refractivity contribution is 7.00. The van der Waals surface area contributed by atoms with Crippen LogP contribution in [0, 0.1) is 0 Å². The maximum atomic E-state index is 2.47. The number of hydrogen-bond acceptors (Lipinski definition) is 2. The minimum absolute atomic E-state index is 0.0927. The molecule has 0 unspecified atom stereocenters. The smallest absolute Gasteiger partial charge is 0.252 e. The molecule has 1 aromatic heterocycles. The van der Waals surface area contributed by atoms with Crippen molar-refractivity contribution in [3.05, 3.63) is 218 Å². The van der Waals surface area contributed by atoms with Crippen molar-refractivity contribution in [2.75, 3.05) is 9.80 Å². The lowest BCUT2D eigenvalue weighted by Gasteiger charge is -2.44. The topological polar surface area (TPSA) is 11.4 Å². The van der Waals surface area contributed by atoms with Gasteiger partial charge in [0.05, 0.1) is 11.0 Å². The van der Waals surface area contributed by atoms with E-state index >= 15 is 0 Å². The molecule has 0 N–H and O–H groups in total. The molecule has 0 spiro atoms. The Kier molecular flexibility index (Phi) is 7.33. The van der Waals surface area contributed by atoms with Crippen LogP contribution < -0.4 is 26.2 Å². The third kappa shape index (κ3) is 4.95. The molecular formula is C54H36BN3. The summed E-state index contributed by atoms with van der Waals surface area (Å²) in [5.41, 5.74) is 19.5. The molecule has 0 saturated heterocycles. The first kappa shape index (κ1) is 32.7. The van der Waals surface area contributed by atoms with Crippen LogP contribution in [0.5, 0.6) is 0 Å². The number of nitrogens with zero attached hydrogens (tertiary/aromatic N) is 3. The largest absolute Gasteiger partial charge is 0.311 e. The lowest BCUT2D eigenvalue weighted by atomic mass is 9.33. The van der Waals surface area contributed by atoms with Gasteiger partial charge in [-0.2, -0.15) is 0 Å². The molecule has 0 radical (unpaired) electrons. The molecule has 4 heteroatoms. The van der Waals surface area contributed by atoms with E-state index in [4.69, 9.17) is 0 Å². The molecule has 10 aromatic rings. The number of para-hydroxylation sites is 5. The van der Waals surface area contributed by atoms with Gasteiger partial charge in [-0.1, -0.05) is 146 Å². The van der Waals surface area contributed by atoms with E-state index in [9.17, 15) is 0 Å². The van der Waals surface area contributed by atoms with Crippen LogP contribution in [0.3, 0.4) is 0 Å². The molecule has 2 aliphatic rings. The zero-order valence-electron chi connectivity index (χ0n) is 31.7. The zero-order valence-corrected chi connectivity index (χ0v) is 31.7. The summed E-state index contributed by atoms with van der Waals surface area (Å²) in [5, 5.41) is 2.53. The summed E-state index contributed by atoms with van der Waals surface area (Å²) in [7, 11) is 0. The first-order valence-corrected chi connectivity index (χ1v) is 20.1. The van der Waals surface area contributed by atoms with Crippen molar-refractivity contribution in [1.82, 2.24) is 4.57 Å². The summed E-state index contributed by atoms with van der Waals surface area (Å²) in [6, 6.07) is 79.9. The quantitative estimate of drug-likeness (QED) is 0.163. The molecule has 58 heavy (non-hydrogen) atoms. The number of rotatable bonds is 5. The van der Waals surface area contributed by atoms with Crippen molar-refractivity contribution >= 4 is 79.0 Å². The van der Waals surface area contributed by atoms with Crippen LogP contribution in [0.15, 0.2) is 218 Å². The number of benzene rings is 9. The normalized spacial score (nSPS) is 12.7. The average molecular weight is 738 g/mol. The van der Waals surface area contributed by atoms with Crippen molar-refractivity contribution in [1.29, 1.82) is 0 Å². The van der Waals surface area contributed by atoms with E-state index in [-0.39, 0.29) is 6.71 Å². The second-order valence-corrected chi connectivity index (χ2v) is 15.3. The number of fused-ring (bicyclic) bond motifs is 7. The van der Waals surface area contributed by atoms with Gasteiger partial charge >= 0.3 is 0 Å². The predicted octanol–water partition coefficient (Wildman–Crippen LogP) is 12.2. The van der Waals surface area contributed by atoms with Crippen LogP contribution >= 0.6 is 0 Å². The van der Waals surface area contributed by atoms with Gasteiger partial charge in [0.15, 0.2) is 0 Å². The fourth-order valence-electron chi connectivity index (χ4n) is 9.63. The Balaban J connectivity index is 0.982. The highest BCUT2D eigenvalue weighted by atomic mass is 15.2. The molecule has 0 amide bonds. The summed E-state index contributed by atoms with van der Waals surface area (Å²) < 4.78 is 2.39. The Hall–Kier alpha value is -7.56. The minimum atomic E-state index is 0.0927. The second-order valence-electron chi connectivity index (χ2n) is 15.3. The third-order valence-electron chi connectivity index (χ3n) is 12.2. The maximum Gasteiger partial charge on any atom is 0.252 e. The van der Waals surface area contributed by atoms with Gasteiger partial charge in [0.2, 0.25) is 0 Å². The Morgan fingerprint density at radius 1 is 0.293 bits per heavy atom. The van der Waals surface area contributed by atoms with E-state index in [2.05, 4.69) is 233 Å². The van der Waals surface area contributed by atoms with Gasteiger partial charge in [0.25, 0.3) is 6.71 Å². The van der Waals surface area contributed by atoms with Crippen molar-refractivity contribution in [2.45, 2.75) is 0 Å². The maximum absolute atomic E-state index is 2.47. The van der Waals surface area contributed by atoms with Crippen LogP contribution in [0.2, 0.25) is 0 Å². The average Bonchev–Trinajstić information content (AvgIpc) is 3.63. The Bertz CT molecular complexity index is 3170. The Labute approximate surface area is 338 Å². The van der Waals surface area contributed by atoms with E-state index in [0.29, 0.717) is 0 Å². The number of hydrogen-bond donors (Lipinski definition) is 0. The number of anilines is 6. The molecular weight excluding hydrogens is 701 g/mol. The van der Waals surface area contributed by atoms with E-state index < -0.39 is 0 Å². The van der Waals surface area contributed by atoms with E-state index in [0.717, 1.165) is 11.4 Å². The summed E-state index contributed by atoms with van der Waals surface area (Å²) in [6.07, 6.45) is 0. The molecule has 9 aromatic carbocycles. The SMILES string of the molecule is c1ccc(N2c3ccccc3B3c4ccc(-c5ccc(-c6ccc7c8ccccc8n(-c8ccccc8)c7c6)cc5)cc4N(c4ccccc4)c4cccc2c43)cc1. The summed E-state index contributed by atoms with van der Waals surface area (Å²) in [6.45, 7) is 0.0927. The molecule has 3 nitrogen and oxygen atoms in total. The van der Waals surface area contributed by atoms with Crippen LogP contribution in [-0.2, 0) is 0 Å². The van der Waals surface area contributed by atoms with Gasteiger partial charge in [-0.05, 0) is 111 Å². The van der Waals surface area contributed by atoms with Crippen LogP contribution in [-0.4, -0.2) is 11.3 Å². The molecule has 12 rings (SSSR count). The molecule has 3 heterocycles. The summed E-state index contributed by atoms with van der Waals surface area (Å²) >= 11 is 0. The fraction of sp³-hybridized carbons (Fsp3) is 0. The monoisotopic (exact) mass is 737 g/mol. The summed E-state index contributed by atoms with van der Waals surface area (Å²) in [5.74, 6) is 0. The fourth-order valence-corrected chi connectivity index (χ4v) is 9.63. The van der Waals surface area contributed by atoms with Crippen LogP contribution in [0.25, 0.3) is 49.7 Å². The van der Waals surface area contributed by atoms with Gasteiger partial charge < -0.3 is 14.4 Å². The van der Waals surface area contributed by atoms with Gasteiger partial charge in [-0.3, -0.25) is 0 Å². The van der Waals surface area contributed by atoms with Crippen LogP contribution in [0.1, 0.15) is 0 Å². The zero-order chi connectivity index (χ0) is 38.2. The van der Waals surface area contributed by atoms with E-state index in [1.54, 1.807) is 0 Å². The predicted molar refractivity (Wildman–Crippen MR) is 246 cm³/mol. The molecule has 0 fully saturated rings. The lowest BCUT2D eigenvalue weighted by molar-refractivity contribution is 1.18. The van der Waals surface area contributed by atoms with Crippen molar-refractivity contribution in [3.63, 3.8) is 0 Å². The highest BCUT2D eigenvalue weighted by Crippen LogP contribution is 2.44. The first-order valence-electron chi connectivity index (χ1n) is 20.1. The molecule has 0 atom stereocenters. The molecule has 0 aliphatic carbocycles. The number of aromatic nitrogens is 1. The Morgan fingerprint density at radius 2 is 0.776 bits per heavy atom. The van der Waals surface area contributed by atoms with Crippen LogP contribution in [0.4, 0.5) is 34.1 Å². The van der Waals surface area contributed by atoms with Crippen molar-refractivity contribution in [3.8, 4) is 27.9 Å².